The number of ether oxygens (including phenoxy) is 1. The van der Waals surface area contributed by atoms with E-state index in [0.29, 0.717) is 47.0 Å². The van der Waals surface area contributed by atoms with Gasteiger partial charge >= 0.3 is 0 Å². The zero-order valence-electron chi connectivity index (χ0n) is 17.0. The van der Waals surface area contributed by atoms with Gasteiger partial charge in [-0.2, -0.15) is 0 Å². The fourth-order valence-electron chi connectivity index (χ4n) is 3.87. The molecule has 0 saturated carbocycles. The number of rotatable bonds is 6. The van der Waals surface area contributed by atoms with E-state index in [4.69, 9.17) is 27.9 Å². The molecular formula is C23H22Cl2N4O2. The molecule has 2 aromatic heterocycles. The van der Waals surface area contributed by atoms with Crippen LogP contribution in [0.25, 0.3) is 0 Å². The van der Waals surface area contributed by atoms with Crippen molar-refractivity contribution < 1.29 is 9.53 Å². The van der Waals surface area contributed by atoms with Crippen molar-refractivity contribution in [3.63, 3.8) is 0 Å². The van der Waals surface area contributed by atoms with Crippen LogP contribution in [0.3, 0.4) is 0 Å². The predicted octanol–water partition coefficient (Wildman–Crippen LogP) is 4.81. The highest BCUT2D eigenvalue weighted by Gasteiger charge is 2.36. The van der Waals surface area contributed by atoms with E-state index < -0.39 is 0 Å². The van der Waals surface area contributed by atoms with Crippen LogP contribution in [0.5, 0.6) is 5.88 Å². The molecule has 1 saturated heterocycles. The van der Waals surface area contributed by atoms with Crippen LogP contribution in [0.1, 0.15) is 34.1 Å². The molecule has 3 aromatic rings. The Morgan fingerprint density at radius 1 is 1.00 bits per heavy atom. The second-order valence-corrected chi connectivity index (χ2v) is 8.47. The third-order valence-corrected chi connectivity index (χ3v) is 5.97. The van der Waals surface area contributed by atoms with Crippen LogP contribution in [0.2, 0.25) is 10.0 Å². The molecule has 0 radical (unpaired) electrons. The average Bonchev–Trinajstić information content (AvgIpc) is 3.20. The Balaban J connectivity index is 1.47. The van der Waals surface area contributed by atoms with Crippen LogP contribution in [0.15, 0.2) is 55.0 Å². The fourth-order valence-corrected chi connectivity index (χ4v) is 4.10. The number of hydrogen-bond acceptors (Lipinski definition) is 5. The number of nitrogens with zero attached hydrogens (tertiary/aromatic N) is 4. The van der Waals surface area contributed by atoms with Gasteiger partial charge in [-0.05, 0) is 43.0 Å². The smallest absolute Gasteiger partial charge is 0.257 e. The topological polar surface area (TPSA) is 68.2 Å². The standard InChI is InChI=1S/C23H22Cl2N4O2/c1-15-26-10-18(11-27-15)23(30)29-13-17(8-9-31-22-7-6-20(25)12-28-22)21(14-29)16-2-4-19(24)5-3-16/h2-7,10-12,17,21H,8-9,13-14H2,1H3/t17-,21+/m0/s1. The minimum Gasteiger partial charge on any atom is -0.478 e. The first-order valence-electron chi connectivity index (χ1n) is 10.1. The number of aryl methyl sites for hydroxylation is 1. The van der Waals surface area contributed by atoms with E-state index in [2.05, 4.69) is 15.0 Å². The van der Waals surface area contributed by atoms with Gasteiger partial charge in [0.2, 0.25) is 5.88 Å². The first-order valence-corrected chi connectivity index (χ1v) is 10.8. The van der Waals surface area contributed by atoms with Crippen molar-refractivity contribution in [3.05, 3.63) is 82.0 Å². The molecule has 0 N–H and O–H groups in total. The van der Waals surface area contributed by atoms with Crippen molar-refractivity contribution in [1.82, 2.24) is 19.9 Å². The molecule has 8 heteroatoms. The molecule has 1 amide bonds. The molecule has 1 aliphatic heterocycles. The summed E-state index contributed by atoms with van der Waals surface area (Å²) in [6.07, 6.45) is 5.52. The Kier molecular flexibility index (Phi) is 6.68. The Morgan fingerprint density at radius 2 is 1.71 bits per heavy atom. The van der Waals surface area contributed by atoms with Crippen molar-refractivity contribution in [1.29, 1.82) is 0 Å². The second-order valence-electron chi connectivity index (χ2n) is 7.60. The summed E-state index contributed by atoms with van der Waals surface area (Å²) in [5, 5.41) is 1.26. The number of benzene rings is 1. The number of pyridine rings is 1. The number of hydrogen-bond donors (Lipinski definition) is 0. The zero-order chi connectivity index (χ0) is 21.8. The summed E-state index contributed by atoms with van der Waals surface area (Å²) in [5.74, 6) is 1.55. The highest BCUT2D eigenvalue weighted by atomic mass is 35.5. The van der Waals surface area contributed by atoms with Gasteiger partial charge in [0.1, 0.15) is 5.82 Å². The molecule has 0 unspecified atom stereocenters. The lowest BCUT2D eigenvalue weighted by molar-refractivity contribution is 0.0783. The van der Waals surface area contributed by atoms with Crippen LogP contribution >= 0.6 is 23.2 Å². The Hall–Kier alpha value is -2.70. The van der Waals surface area contributed by atoms with Crippen LogP contribution in [0, 0.1) is 12.8 Å². The summed E-state index contributed by atoms with van der Waals surface area (Å²) in [6.45, 7) is 3.56. The van der Waals surface area contributed by atoms with E-state index in [1.807, 2.05) is 29.2 Å². The number of likely N-dealkylation sites (tertiary alicyclic amines) is 1. The Labute approximate surface area is 191 Å². The third kappa shape index (κ3) is 5.32. The first-order chi connectivity index (χ1) is 15.0. The molecule has 0 bridgehead atoms. The van der Waals surface area contributed by atoms with Gasteiger partial charge in [-0.25, -0.2) is 15.0 Å². The van der Waals surface area contributed by atoms with Crippen molar-refractivity contribution in [2.45, 2.75) is 19.3 Å². The normalized spacial score (nSPS) is 18.2. The van der Waals surface area contributed by atoms with E-state index in [1.165, 1.54) is 0 Å². The van der Waals surface area contributed by atoms with E-state index in [0.717, 1.165) is 12.0 Å². The van der Waals surface area contributed by atoms with Gasteiger partial charge in [-0.15, -0.1) is 0 Å². The summed E-state index contributed by atoms with van der Waals surface area (Å²) in [6, 6.07) is 11.3. The number of halogens is 2. The summed E-state index contributed by atoms with van der Waals surface area (Å²) in [7, 11) is 0. The maximum atomic E-state index is 13.0. The van der Waals surface area contributed by atoms with Crippen LogP contribution in [-0.4, -0.2) is 45.5 Å². The van der Waals surface area contributed by atoms with Crippen LogP contribution < -0.4 is 4.74 Å². The molecule has 2 atom stereocenters. The molecule has 0 aliphatic carbocycles. The van der Waals surface area contributed by atoms with E-state index in [1.54, 1.807) is 37.6 Å². The molecule has 3 heterocycles. The largest absolute Gasteiger partial charge is 0.478 e. The van der Waals surface area contributed by atoms with Gasteiger partial charge in [0, 0.05) is 48.7 Å². The lowest BCUT2D eigenvalue weighted by Crippen LogP contribution is -2.29. The number of carbonyl (C=O) groups excluding carboxylic acids is 1. The molecule has 1 aliphatic rings. The number of amides is 1. The maximum absolute atomic E-state index is 13.0. The Morgan fingerprint density at radius 3 is 2.39 bits per heavy atom. The molecule has 1 aromatic carbocycles. The molecule has 0 spiro atoms. The minimum absolute atomic E-state index is 0.0539. The predicted molar refractivity (Wildman–Crippen MR) is 120 cm³/mol. The lowest BCUT2D eigenvalue weighted by atomic mass is 9.87. The van der Waals surface area contributed by atoms with Gasteiger partial charge in [0.15, 0.2) is 0 Å². The number of carbonyl (C=O) groups is 1. The Bertz CT molecular complexity index is 1030. The van der Waals surface area contributed by atoms with Crippen molar-refractivity contribution in [3.8, 4) is 5.88 Å². The number of aromatic nitrogens is 3. The minimum atomic E-state index is -0.0539. The van der Waals surface area contributed by atoms with Crippen molar-refractivity contribution in [2.75, 3.05) is 19.7 Å². The molecule has 1 fully saturated rings. The maximum Gasteiger partial charge on any atom is 0.257 e. The fraction of sp³-hybridized carbons (Fsp3) is 0.304. The van der Waals surface area contributed by atoms with Gasteiger partial charge in [-0.1, -0.05) is 35.3 Å². The molecule has 6 nitrogen and oxygen atoms in total. The summed E-state index contributed by atoms with van der Waals surface area (Å²) in [5.41, 5.74) is 1.66. The highest BCUT2D eigenvalue weighted by Crippen LogP contribution is 2.36. The van der Waals surface area contributed by atoms with Gasteiger partial charge in [-0.3, -0.25) is 4.79 Å². The van der Waals surface area contributed by atoms with Crippen molar-refractivity contribution >= 4 is 29.1 Å². The van der Waals surface area contributed by atoms with E-state index in [-0.39, 0.29) is 17.7 Å². The molecule has 160 valence electrons. The SMILES string of the molecule is Cc1ncc(C(=O)N2C[C@H](CCOc3ccc(Cl)cn3)[C@@H](c3ccc(Cl)cc3)C2)cn1. The quantitative estimate of drug-likeness (QED) is 0.532. The van der Waals surface area contributed by atoms with Gasteiger partial charge in [0.05, 0.1) is 17.2 Å². The monoisotopic (exact) mass is 456 g/mol. The zero-order valence-corrected chi connectivity index (χ0v) is 18.6. The van der Waals surface area contributed by atoms with Crippen molar-refractivity contribution in [2.24, 2.45) is 5.92 Å². The first kappa shape index (κ1) is 21.5. The highest BCUT2D eigenvalue weighted by molar-refractivity contribution is 6.30. The second kappa shape index (κ2) is 9.62. The average molecular weight is 457 g/mol. The summed E-state index contributed by atoms with van der Waals surface area (Å²) >= 11 is 12.0. The van der Waals surface area contributed by atoms with Crippen LogP contribution in [0.4, 0.5) is 0 Å². The summed E-state index contributed by atoms with van der Waals surface area (Å²) in [4.78, 5) is 27.4. The lowest BCUT2D eigenvalue weighted by Gasteiger charge is -2.18. The molecule has 31 heavy (non-hydrogen) atoms. The molecular weight excluding hydrogens is 435 g/mol. The van der Waals surface area contributed by atoms with Gasteiger partial charge < -0.3 is 9.64 Å². The summed E-state index contributed by atoms with van der Waals surface area (Å²) < 4.78 is 5.81. The third-order valence-electron chi connectivity index (χ3n) is 5.49. The molecule has 4 rings (SSSR count). The van der Waals surface area contributed by atoms with Crippen LogP contribution in [-0.2, 0) is 0 Å². The van der Waals surface area contributed by atoms with Gasteiger partial charge in [0.25, 0.3) is 5.91 Å². The van der Waals surface area contributed by atoms with E-state index in [9.17, 15) is 4.79 Å². The van der Waals surface area contributed by atoms with E-state index >= 15 is 0 Å².